The van der Waals surface area contributed by atoms with Crippen LogP contribution in [0.1, 0.15) is 18.9 Å². The van der Waals surface area contributed by atoms with Gasteiger partial charge >= 0.3 is 0 Å². The van der Waals surface area contributed by atoms with Crippen molar-refractivity contribution in [1.29, 1.82) is 0 Å². The first kappa shape index (κ1) is 16.9. The van der Waals surface area contributed by atoms with Crippen LogP contribution in [0, 0.1) is 0 Å². The van der Waals surface area contributed by atoms with Crippen molar-refractivity contribution < 1.29 is 14.2 Å². The summed E-state index contributed by atoms with van der Waals surface area (Å²) < 4.78 is 15.8. The average molecular weight is 276 g/mol. The number of halogens is 1. The van der Waals surface area contributed by atoms with Crippen LogP contribution in [-0.4, -0.2) is 27.4 Å². The minimum absolute atomic E-state index is 0. The third-order valence-electron chi connectivity index (χ3n) is 2.66. The number of rotatable bonds is 6. The zero-order chi connectivity index (χ0) is 12.8. The molecular weight excluding hydrogens is 254 g/mol. The second-order valence-corrected chi connectivity index (χ2v) is 4.03. The summed E-state index contributed by atoms with van der Waals surface area (Å²) in [5, 5.41) is 0. The Morgan fingerprint density at radius 1 is 1.00 bits per heavy atom. The van der Waals surface area contributed by atoms with E-state index in [4.69, 9.17) is 19.9 Å². The summed E-state index contributed by atoms with van der Waals surface area (Å²) in [4.78, 5) is 0. The number of aryl methyl sites for hydroxylation is 1. The zero-order valence-electron chi connectivity index (χ0n) is 11.4. The molecule has 1 rings (SSSR count). The number of hydrogen-bond acceptors (Lipinski definition) is 4. The fourth-order valence-electron chi connectivity index (χ4n) is 1.67. The van der Waals surface area contributed by atoms with Crippen LogP contribution in [0.4, 0.5) is 0 Å². The summed E-state index contributed by atoms with van der Waals surface area (Å²) in [6.45, 7) is 1.99. The Morgan fingerprint density at radius 2 is 1.50 bits per heavy atom. The topological polar surface area (TPSA) is 53.7 Å². The van der Waals surface area contributed by atoms with Gasteiger partial charge in [-0.25, -0.2) is 0 Å². The van der Waals surface area contributed by atoms with E-state index in [-0.39, 0.29) is 18.4 Å². The molecule has 0 aliphatic carbocycles. The molecule has 0 fully saturated rings. The van der Waals surface area contributed by atoms with E-state index in [0.717, 1.165) is 24.2 Å². The standard InChI is InChI=1S/C13H21NO3.ClH/c1-9(14)5-6-10-7-12(16-3)13(17-4)8-11(10)15-2;/h7-9H,5-6,14H2,1-4H3;1H/t9-;/m0./s1. The van der Waals surface area contributed by atoms with Crippen molar-refractivity contribution in [2.45, 2.75) is 25.8 Å². The van der Waals surface area contributed by atoms with Gasteiger partial charge in [-0.3, -0.25) is 0 Å². The van der Waals surface area contributed by atoms with Crippen LogP contribution in [-0.2, 0) is 6.42 Å². The first-order valence-corrected chi connectivity index (χ1v) is 5.66. The summed E-state index contributed by atoms with van der Waals surface area (Å²) in [5.41, 5.74) is 6.85. The van der Waals surface area contributed by atoms with E-state index < -0.39 is 0 Å². The summed E-state index contributed by atoms with van der Waals surface area (Å²) in [5.74, 6) is 2.20. The van der Waals surface area contributed by atoms with Gasteiger partial charge in [-0.15, -0.1) is 12.4 Å². The fraction of sp³-hybridized carbons (Fsp3) is 0.538. The first-order valence-electron chi connectivity index (χ1n) is 5.66. The summed E-state index contributed by atoms with van der Waals surface area (Å²) in [6, 6.07) is 3.96. The fourth-order valence-corrected chi connectivity index (χ4v) is 1.67. The van der Waals surface area contributed by atoms with Crippen molar-refractivity contribution in [1.82, 2.24) is 0 Å². The second-order valence-electron chi connectivity index (χ2n) is 4.03. The summed E-state index contributed by atoms with van der Waals surface area (Å²) in [7, 11) is 4.88. The lowest BCUT2D eigenvalue weighted by Gasteiger charge is -2.14. The molecule has 0 bridgehead atoms. The van der Waals surface area contributed by atoms with E-state index in [9.17, 15) is 0 Å². The van der Waals surface area contributed by atoms with Gasteiger partial charge in [0.25, 0.3) is 0 Å². The molecule has 0 spiro atoms. The molecule has 0 aliphatic heterocycles. The van der Waals surface area contributed by atoms with E-state index in [1.54, 1.807) is 21.3 Å². The molecule has 0 saturated carbocycles. The quantitative estimate of drug-likeness (QED) is 0.866. The number of nitrogens with two attached hydrogens (primary N) is 1. The van der Waals surface area contributed by atoms with E-state index in [1.807, 2.05) is 19.1 Å². The average Bonchev–Trinajstić information content (AvgIpc) is 2.34. The Labute approximate surface area is 115 Å². The SMILES string of the molecule is COc1cc(OC)c(OC)cc1CC[C@H](C)N.Cl. The molecular formula is C13H22ClNO3. The molecule has 18 heavy (non-hydrogen) atoms. The van der Waals surface area contributed by atoms with Crippen molar-refractivity contribution in [2.75, 3.05) is 21.3 Å². The predicted octanol–water partition coefficient (Wildman–Crippen LogP) is 2.41. The molecule has 0 amide bonds. The smallest absolute Gasteiger partial charge is 0.164 e. The maximum absolute atomic E-state index is 5.76. The Morgan fingerprint density at radius 3 is 1.94 bits per heavy atom. The molecule has 0 heterocycles. The molecule has 1 aromatic rings. The van der Waals surface area contributed by atoms with Gasteiger partial charge in [0.1, 0.15) is 5.75 Å². The summed E-state index contributed by atoms with van der Waals surface area (Å²) >= 11 is 0. The Kier molecular flexibility index (Phi) is 7.55. The van der Waals surface area contributed by atoms with Crippen molar-refractivity contribution in [3.8, 4) is 17.2 Å². The molecule has 0 radical (unpaired) electrons. The Balaban J connectivity index is 0.00000289. The van der Waals surface area contributed by atoms with Gasteiger partial charge in [0.2, 0.25) is 0 Å². The summed E-state index contributed by atoms with van der Waals surface area (Å²) in [6.07, 6.45) is 1.77. The lowest BCUT2D eigenvalue weighted by Crippen LogP contribution is -2.15. The number of ether oxygens (including phenoxy) is 3. The molecule has 0 unspecified atom stereocenters. The van der Waals surface area contributed by atoms with Gasteiger partial charge in [-0.05, 0) is 31.4 Å². The minimum Gasteiger partial charge on any atom is -0.496 e. The molecule has 4 nitrogen and oxygen atoms in total. The molecule has 0 saturated heterocycles. The van der Waals surface area contributed by atoms with Crippen molar-refractivity contribution in [3.05, 3.63) is 17.7 Å². The van der Waals surface area contributed by atoms with Gasteiger partial charge in [0.05, 0.1) is 21.3 Å². The highest BCUT2D eigenvalue weighted by Gasteiger charge is 2.11. The number of benzene rings is 1. The van der Waals surface area contributed by atoms with Gasteiger partial charge in [0.15, 0.2) is 11.5 Å². The normalized spacial score (nSPS) is 11.4. The molecule has 2 N–H and O–H groups in total. The van der Waals surface area contributed by atoms with E-state index in [0.29, 0.717) is 11.5 Å². The van der Waals surface area contributed by atoms with E-state index in [2.05, 4.69) is 0 Å². The van der Waals surface area contributed by atoms with Gasteiger partial charge in [-0.2, -0.15) is 0 Å². The van der Waals surface area contributed by atoms with Crippen LogP contribution in [0.3, 0.4) is 0 Å². The van der Waals surface area contributed by atoms with Gasteiger partial charge < -0.3 is 19.9 Å². The van der Waals surface area contributed by atoms with E-state index in [1.165, 1.54) is 0 Å². The van der Waals surface area contributed by atoms with Crippen molar-refractivity contribution in [2.24, 2.45) is 5.73 Å². The van der Waals surface area contributed by atoms with Gasteiger partial charge in [0, 0.05) is 12.1 Å². The largest absolute Gasteiger partial charge is 0.496 e. The minimum atomic E-state index is 0. The molecule has 1 atom stereocenters. The van der Waals surface area contributed by atoms with Crippen LogP contribution < -0.4 is 19.9 Å². The number of hydrogen-bond donors (Lipinski definition) is 1. The zero-order valence-corrected chi connectivity index (χ0v) is 12.2. The molecule has 1 aromatic carbocycles. The first-order chi connectivity index (χ1) is 8.12. The van der Waals surface area contributed by atoms with Crippen molar-refractivity contribution in [3.63, 3.8) is 0 Å². The van der Waals surface area contributed by atoms with Crippen LogP contribution >= 0.6 is 12.4 Å². The highest BCUT2D eigenvalue weighted by atomic mass is 35.5. The maximum Gasteiger partial charge on any atom is 0.164 e. The van der Waals surface area contributed by atoms with Crippen LogP contribution in [0.5, 0.6) is 17.2 Å². The Hall–Kier alpha value is -1.13. The maximum atomic E-state index is 5.76. The highest BCUT2D eigenvalue weighted by molar-refractivity contribution is 5.85. The third-order valence-corrected chi connectivity index (χ3v) is 2.66. The Bertz CT molecular complexity index is 369. The molecule has 0 aromatic heterocycles. The van der Waals surface area contributed by atoms with Crippen LogP contribution in [0.2, 0.25) is 0 Å². The number of methoxy groups -OCH3 is 3. The molecule has 0 aliphatic rings. The lowest BCUT2D eigenvalue weighted by atomic mass is 10.0. The van der Waals surface area contributed by atoms with Gasteiger partial charge in [-0.1, -0.05) is 0 Å². The highest BCUT2D eigenvalue weighted by Crippen LogP contribution is 2.35. The molecule has 5 heteroatoms. The lowest BCUT2D eigenvalue weighted by molar-refractivity contribution is 0.347. The molecule has 104 valence electrons. The van der Waals surface area contributed by atoms with Crippen LogP contribution in [0.15, 0.2) is 12.1 Å². The monoisotopic (exact) mass is 275 g/mol. The van der Waals surface area contributed by atoms with Crippen molar-refractivity contribution >= 4 is 12.4 Å². The van der Waals surface area contributed by atoms with Crippen LogP contribution in [0.25, 0.3) is 0 Å². The predicted molar refractivity (Wildman–Crippen MR) is 75.3 cm³/mol. The van der Waals surface area contributed by atoms with E-state index >= 15 is 0 Å². The third kappa shape index (κ3) is 4.27. The second kappa shape index (κ2) is 8.06.